The maximum Gasteiger partial charge on any atom is 0.303 e. The van der Waals surface area contributed by atoms with Crippen molar-refractivity contribution in [2.24, 2.45) is 0 Å². The molecule has 2 aromatic carbocycles. The number of carboxylic acids is 2. The van der Waals surface area contributed by atoms with Crippen LogP contribution in [-0.2, 0) is 16.0 Å². The van der Waals surface area contributed by atoms with Crippen molar-refractivity contribution in [3.8, 4) is 22.6 Å². The number of rotatable bonds is 15. The minimum absolute atomic E-state index is 0.0131. The first-order valence-electron chi connectivity index (χ1n) is 12.8. The number of carboxylic acid groups (broad SMARTS) is 2. The van der Waals surface area contributed by atoms with Gasteiger partial charge in [0.15, 0.2) is 0 Å². The Morgan fingerprint density at radius 3 is 2.46 bits per heavy atom. The lowest BCUT2D eigenvalue weighted by atomic mass is 9.95. The molecule has 3 N–H and O–H groups in total. The summed E-state index contributed by atoms with van der Waals surface area (Å²) in [6.07, 6.45) is 2.70. The van der Waals surface area contributed by atoms with Gasteiger partial charge in [0.25, 0.3) is 5.91 Å². The molecule has 1 heterocycles. The number of amides is 1. The first kappa shape index (κ1) is 29.4. The number of thiophene rings is 1. The number of hydrogen-bond acceptors (Lipinski definition) is 6. The smallest absolute Gasteiger partial charge is 0.303 e. The van der Waals surface area contributed by atoms with Gasteiger partial charge in [-0.15, -0.1) is 0 Å². The molecule has 9 heteroatoms. The quantitative estimate of drug-likeness (QED) is 0.151. The van der Waals surface area contributed by atoms with E-state index in [1.807, 2.05) is 54.9 Å². The molecule has 0 atom stereocenters. The largest absolute Gasteiger partial charge is 0.493 e. The van der Waals surface area contributed by atoms with Crippen LogP contribution >= 0.6 is 11.3 Å². The minimum Gasteiger partial charge on any atom is -0.493 e. The third-order valence-electron chi connectivity index (χ3n) is 5.94. The molecule has 0 saturated carbocycles. The molecular weight excluding hydrogens is 518 g/mol. The van der Waals surface area contributed by atoms with Gasteiger partial charge in [-0.2, -0.15) is 11.3 Å². The maximum absolute atomic E-state index is 12.6. The van der Waals surface area contributed by atoms with Gasteiger partial charge >= 0.3 is 11.9 Å². The minimum atomic E-state index is -0.928. The van der Waals surface area contributed by atoms with E-state index in [0.717, 1.165) is 27.8 Å². The summed E-state index contributed by atoms with van der Waals surface area (Å²) in [5.41, 5.74) is 4.68. The van der Waals surface area contributed by atoms with E-state index in [9.17, 15) is 19.5 Å². The summed E-state index contributed by atoms with van der Waals surface area (Å²) in [5, 5.41) is 25.0. The third-order valence-corrected chi connectivity index (χ3v) is 6.62. The van der Waals surface area contributed by atoms with Crippen LogP contribution < -0.4 is 14.8 Å². The number of carbonyl (C=O) groups is 3. The number of nitrogens with one attached hydrogen (secondary N) is 1. The molecular formula is C30H33NO7S. The second-order valence-electron chi connectivity index (χ2n) is 8.75. The molecule has 3 rings (SSSR count). The fourth-order valence-corrected chi connectivity index (χ4v) is 4.69. The summed E-state index contributed by atoms with van der Waals surface area (Å²) in [6, 6.07) is 12.9. The molecule has 1 amide bonds. The normalized spacial score (nSPS) is 11.2. The highest BCUT2D eigenvalue weighted by Crippen LogP contribution is 2.32. The van der Waals surface area contributed by atoms with E-state index in [1.54, 1.807) is 29.7 Å². The molecule has 8 nitrogen and oxygen atoms in total. The lowest BCUT2D eigenvalue weighted by molar-refractivity contribution is -0.138. The van der Waals surface area contributed by atoms with Crippen molar-refractivity contribution in [1.82, 2.24) is 5.32 Å². The number of hydrogen-bond donors (Lipinski definition) is 3. The average molecular weight is 552 g/mol. The van der Waals surface area contributed by atoms with Crippen molar-refractivity contribution in [3.63, 3.8) is 0 Å². The summed E-state index contributed by atoms with van der Waals surface area (Å²) in [4.78, 5) is 34.8. The summed E-state index contributed by atoms with van der Waals surface area (Å²) in [5.74, 6) is -0.994. The van der Waals surface area contributed by atoms with Crippen LogP contribution in [0, 0.1) is 0 Å². The number of carbonyl (C=O) groups excluding carboxylic acids is 1. The van der Waals surface area contributed by atoms with Crippen LogP contribution in [0.1, 0.15) is 61.0 Å². The monoisotopic (exact) mass is 551 g/mol. The molecule has 3 aromatic rings. The van der Waals surface area contributed by atoms with Gasteiger partial charge in [0, 0.05) is 30.5 Å². The molecule has 0 aliphatic heterocycles. The Labute approximate surface area is 231 Å². The highest BCUT2D eigenvalue weighted by molar-refractivity contribution is 7.08. The Balaban J connectivity index is 1.95. The van der Waals surface area contributed by atoms with E-state index in [0.29, 0.717) is 36.4 Å². The highest BCUT2D eigenvalue weighted by atomic mass is 32.1. The van der Waals surface area contributed by atoms with E-state index >= 15 is 0 Å². The van der Waals surface area contributed by atoms with Crippen molar-refractivity contribution in [1.29, 1.82) is 0 Å². The lowest BCUT2D eigenvalue weighted by Gasteiger charge is -2.17. The zero-order valence-electron chi connectivity index (χ0n) is 22.1. The molecule has 39 heavy (non-hydrogen) atoms. The van der Waals surface area contributed by atoms with Crippen molar-refractivity contribution in [3.05, 3.63) is 76.2 Å². The lowest BCUT2D eigenvalue weighted by Crippen LogP contribution is -2.22. The number of benzene rings is 2. The summed E-state index contributed by atoms with van der Waals surface area (Å²) < 4.78 is 12.0. The Morgan fingerprint density at radius 2 is 1.79 bits per heavy atom. The van der Waals surface area contributed by atoms with Crippen molar-refractivity contribution < 1.29 is 34.1 Å². The van der Waals surface area contributed by atoms with Gasteiger partial charge in [0.05, 0.1) is 12.9 Å². The van der Waals surface area contributed by atoms with Crippen LogP contribution in [-0.4, -0.2) is 41.2 Å². The molecule has 0 fully saturated rings. The Morgan fingerprint density at radius 1 is 1.00 bits per heavy atom. The Bertz CT molecular complexity index is 1310. The van der Waals surface area contributed by atoms with E-state index < -0.39 is 11.9 Å². The van der Waals surface area contributed by atoms with Crippen LogP contribution in [0.2, 0.25) is 0 Å². The second-order valence-corrected chi connectivity index (χ2v) is 9.53. The van der Waals surface area contributed by atoms with E-state index in [-0.39, 0.29) is 31.8 Å². The van der Waals surface area contributed by atoms with Gasteiger partial charge in [-0.05, 0) is 89.5 Å². The van der Waals surface area contributed by atoms with Crippen LogP contribution in [0.5, 0.6) is 11.5 Å². The zero-order chi connectivity index (χ0) is 28.2. The van der Waals surface area contributed by atoms with Gasteiger partial charge in [0.2, 0.25) is 0 Å². The Kier molecular flexibility index (Phi) is 11.1. The topological polar surface area (TPSA) is 122 Å². The maximum atomic E-state index is 12.6. The van der Waals surface area contributed by atoms with Crippen LogP contribution in [0.3, 0.4) is 0 Å². The third kappa shape index (κ3) is 8.71. The molecule has 0 spiro atoms. The molecule has 1 aromatic heterocycles. The molecule has 0 aliphatic carbocycles. The number of aliphatic carboxylic acids is 2. The first-order valence-corrected chi connectivity index (χ1v) is 13.8. The fraction of sp³-hybridized carbons (Fsp3) is 0.300. The number of allylic oxidation sites excluding steroid dienone is 1. The molecule has 0 unspecified atom stereocenters. The molecule has 0 aliphatic rings. The summed E-state index contributed by atoms with van der Waals surface area (Å²) in [7, 11) is 0. The molecule has 0 bridgehead atoms. The van der Waals surface area contributed by atoms with E-state index in [2.05, 4.69) is 5.32 Å². The molecule has 0 radical (unpaired) electrons. The van der Waals surface area contributed by atoms with E-state index in [1.165, 1.54) is 0 Å². The zero-order valence-corrected chi connectivity index (χ0v) is 22.9. The van der Waals surface area contributed by atoms with Crippen LogP contribution in [0.15, 0.2) is 59.5 Å². The highest BCUT2D eigenvalue weighted by Gasteiger charge is 2.16. The Hall–Kier alpha value is -4.11. The predicted octanol–water partition coefficient (Wildman–Crippen LogP) is 6.26. The second kappa shape index (κ2) is 14.7. The van der Waals surface area contributed by atoms with Crippen molar-refractivity contribution in [2.75, 3.05) is 13.2 Å². The van der Waals surface area contributed by atoms with Gasteiger partial charge in [0.1, 0.15) is 11.5 Å². The van der Waals surface area contributed by atoms with Crippen molar-refractivity contribution in [2.45, 2.75) is 46.0 Å². The van der Waals surface area contributed by atoms with Gasteiger partial charge in [-0.3, -0.25) is 14.4 Å². The average Bonchev–Trinajstić information content (AvgIpc) is 3.46. The molecule has 0 saturated heterocycles. The fourth-order valence-electron chi connectivity index (χ4n) is 4.03. The van der Waals surface area contributed by atoms with E-state index in [4.69, 9.17) is 14.6 Å². The first-order chi connectivity index (χ1) is 18.8. The van der Waals surface area contributed by atoms with Gasteiger partial charge < -0.3 is 25.0 Å². The van der Waals surface area contributed by atoms with Crippen LogP contribution in [0.4, 0.5) is 0 Å². The van der Waals surface area contributed by atoms with Gasteiger partial charge in [-0.1, -0.05) is 19.1 Å². The summed E-state index contributed by atoms with van der Waals surface area (Å²) >= 11 is 1.57. The molecule has 206 valence electrons. The van der Waals surface area contributed by atoms with Gasteiger partial charge in [-0.25, -0.2) is 0 Å². The standard InChI is InChI=1S/C30H33NO7S/c1-3-20(25-7-5-8-27(26(25)10-11-29(34)35)37-13-6-9-28(32)33)18-38-24-16-22(21-12-14-39-19-21)15-23(17-24)30(36)31-4-2/h5,7-8,12,14-19H,3-4,6,9-11,13H2,1-2H3,(H,31,36)(H,32,33)(H,34,35)/b20-18+. The summed E-state index contributed by atoms with van der Waals surface area (Å²) in [6.45, 7) is 4.54. The number of ether oxygens (including phenoxy) is 2. The van der Waals surface area contributed by atoms with Crippen LogP contribution in [0.25, 0.3) is 16.7 Å². The predicted molar refractivity (Wildman–Crippen MR) is 151 cm³/mol. The van der Waals surface area contributed by atoms with Crippen molar-refractivity contribution >= 4 is 34.8 Å². The SMILES string of the molecule is CCNC(=O)c1cc(O/C=C(\CC)c2cccc(OCCCC(=O)O)c2CCC(=O)O)cc(-c2ccsc2)c1.